The Hall–Kier alpha value is -3.58. The van der Waals surface area contributed by atoms with Crippen molar-refractivity contribution in [1.82, 2.24) is 4.98 Å². The van der Waals surface area contributed by atoms with Gasteiger partial charge in [-0.2, -0.15) is 10.6 Å². The molecular weight excluding hydrogens is 545 g/mol. The number of halogens is 1. The molecule has 0 bridgehead atoms. The SMILES string of the molecule is CC#CC(CC(=O)OC)c1ccc(O[C@@H]2CCc3c(-c4ccc(OC5CCS(O)(O)CC5)nc4)ccc(F)c32)cc1. The topological polar surface area (TPSA) is 98.1 Å². The predicted octanol–water partition coefficient (Wildman–Crippen LogP) is 6.92. The van der Waals surface area contributed by atoms with Gasteiger partial charge in [-0.15, -0.1) is 5.92 Å². The standard InChI is InChI=1S/C32H34FNO6S/c1-3-4-22(19-31(35)38-2)21-5-8-24(9-6-21)39-29-13-11-27-26(10-12-28(33)32(27)29)23-7-14-30(34-20-23)40-25-15-17-41(36,37)18-16-25/h5-10,12,14,20,22,25,29,36-37H,11,13,15-19H2,1-2H3/t22?,29-/m1/s1. The summed E-state index contributed by atoms with van der Waals surface area (Å²) in [6, 6.07) is 14.4. The lowest BCUT2D eigenvalue weighted by Gasteiger charge is -2.38. The largest absolute Gasteiger partial charge is 0.486 e. The minimum Gasteiger partial charge on any atom is -0.486 e. The summed E-state index contributed by atoms with van der Waals surface area (Å²) in [5.41, 5.74) is 4.14. The summed E-state index contributed by atoms with van der Waals surface area (Å²) >= 11 is 0. The van der Waals surface area contributed by atoms with Crippen LogP contribution in [0.5, 0.6) is 11.6 Å². The first-order valence-electron chi connectivity index (χ1n) is 13.7. The molecule has 5 rings (SSSR count). The molecule has 41 heavy (non-hydrogen) atoms. The van der Waals surface area contributed by atoms with Crippen molar-refractivity contribution < 1.29 is 32.5 Å². The van der Waals surface area contributed by atoms with Gasteiger partial charge in [-0.05, 0) is 60.7 Å². The summed E-state index contributed by atoms with van der Waals surface area (Å²) < 4.78 is 51.8. The highest BCUT2D eigenvalue weighted by Crippen LogP contribution is 2.45. The third kappa shape index (κ3) is 6.84. The average molecular weight is 580 g/mol. The molecule has 1 saturated heterocycles. The van der Waals surface area contributed by atoms with E-state index in [0.29, 0.717) is 54.4 Å². The first kappa shape index (κ1) is 28.9. The molecule has 2 atom stereocenters. The predicted molar refractivity (Wildman–Crippen MR) is 157 cm³/mol. The maximum absolute atomic E-state index is 15.1. The minimum absolute atomic E-state index is 0.0892. The van der Waals surface area contributed by atoms with E-state index in [1.165, 1.54) is 13.2 Å². The lowest BCUT2D eigenvalue weighted by molar-refractivity contribution is -0.140. The van der Waals surface area contributed by atoms with E-state index in [-0.39, 0.29) is 30.2 Å². The number of aromatic nitrogens is 1. The van der Waals surface area contributed by atoms with Crippen LogP contribution in [0.25, 0.3) is 11.1 Å². The van der Waals surface area contributed by atoms with E-state index >= 15 is 4.39 Å². The molecule has 2 N–H and O–H groups in total. The van der Waals surface area contributed by atoms with E-state index in [2.05, 4.69) is 16.8 Å². The minimum atomic E-state index is -2.46. The van der Waals surface area contributed by atoms with Crippen molar-refractivity contribution in [1.29, 1.82) is 0 Å². The first-order valence-corrected chi connectivity index (χ1v) is 15.6. The molecule has 0 radical (unpaired) electrons. The number of nitrogens with zero attached hydrogens (tertiary/aromatic N) is 1. The van der Waals surface area contributed by atoms with Crippen LogP contribution in [0.2, 0.25) is 0 Å². The van der Waals surface area contributed by atoms with Gasteiger partial charge in [0, 0.05) is 47.7 Å². The Morgan fingerprint density at radius 2 is 1.83 bits per heavy atom. The Morgan fingerprint density at radius 1 is 1.07 bits per heavy atom. The van der Waals surface area contributed by atoms with Crippen molar-refractivity contribution in [3.05, 3.63) is 77.2 Å². The van der Waals surface area contributed by atoms with Gasteiger partial charge in [-0.1, -0.05) is 24.1 Å². The van der Waals surface area contributed by atoms with Gasteiger partial charge >= 0.3 is 5.97 Å². The van der Waals surface area contributed by atoms with Crippen molar-refractivity contribution in [2.45, 2.75) is 57.2 Å². The van der Waals surface area contributed by atoms with Crippen molar-refractivity contribution >= 4 is 16.6 Å². The van der Waals surface area contributed by atoms with Gasteiger partial charge in [0.25, 0.3) is 0 Å². The summed E-state index contributed by atoms with van der Waals surface area (Å²) in [7, 11) is -1.10. The van der Waals surface area contributed by atoms with Crippen LogP contribution in [0.15, 0.2) is 54.7 Å². The van der Waals surface area contributed by atoms with Crippen LogP contribution >= 0.6 is 10.6 Å². The van der Waals surface area contributed by atoms with E-state index in [4.69, 9.17) is 14.2 Å². The van der Waals surface area contributed by atoms with Gasteiger partial charge in [0.2, 0.25) is 5.88 Å². The second-order valence-corrected chi connectivity index (χ2v) is 12.8. The highest BCUT2D eigenvalue weighted by molar-refractivity contribution is 8.24. The van der Waals surface area contributed by atoms with Crippen LogP contribution in [0.4, 0.5) is 4.39 Å². The van der Waals surface area contributed by atoms with E-state index in [9.17, 15) is 13.9 Å². The summed E-state index contributed by atoms with van der Waals surface area (Å²) in [5, 5.41) is 0. The number of carbonyl (C=O) groups excluding carboxylic acids is 1. The number of hydrogen-bond donors (Lipinski definition) is 2. The number of rotatable bonds is 8. The summed E-state index contributed by atoms with van der Waals surface area (Å²) in [6.07, 6.45) is 3.87. The van der Waals surface area contributed by atoms with Gasteiger partial charge in [-0.3, -0.25) is 13.9 Å². The molecule has 0 spiro atoms. The van der Waals surface area contributed by atoms with E-state index in [1.807, 2.05) is 30.3 Å². The van der Waals surface area contributed by atoms with Crippen LogP contribution in [0.1, 0.15) is 61.3 Å². The molecule has 0 amide bonds. The summed E-state index contributed by atoms with van der Waals surface area (Å²) in [6.45, 7) is 1.73. The maximum Gasteiger partial charge on any atom is 0.307 e. The van der Waals surface area contributed by atoms with Crippen LogP contribution in [0, 0.1) is 17.7 Å². The molecule has 2 aliphatic rings. The molecule has 1 aromatic heterocycles. The van der Waals surface area contributed by atoms with E-state index < -0.39 is 16.7 Å². The number of carbonyl (C=O) groups is 1. The Bertz CT molecular complexity index is 1440. The fourth-order valence-corrected chi connectivity index (χ4v) is 6.95. The Morgan fingerprint density at radius 3 is 2.49 bits per heavy atom. The molecular formula is C32H34FNO6S. The Kier molecular flexibility index (Phi) is 8.83. The Balaban J connectivity index is 1.29. The molecule has 0 saturated carbocycles. The third-order valence-electron chi connectivity index (χ3n) is 7.63. The van der Waals surface area contributed by atoms with Gasteiger partial charge in [0.05, 0.1) is 19.4 Å². The molecule has 3 aromatic rings. The normalized spacial score (nSPS) is 19.3. The van der Waals surface area contributed by atoms with Crippen molar-refractivity contribution in [3.8, 4) is 34.6 Å². The molecule has 216 valence electrons. The number of methoxy groups -OCH3 is 1. The summed E-state index contributed by atoms with van der Waals surface area (Å²) in [4.78, 5) is 16.3. The molecule has 1 aliphatic heterocycles. The molecule has 1 fully saturated rings. The van der Waals surface area contributed by atoms with Crippen molar-refractivity contribution in [3.63, 3.8) is 0 Å². The van der Waals surface area contributed by atoms with Crippen LogP contribution in [-0.2, 0) is 16.0 Å². The van der Waals surface area contributed by atoms with Gasteiger partial charge in [-0.25, -0.2) is 9.37 Å². The highest BCUT2D eigenvalue weighted by Gasteiger charge is 2.31. The molecule has 2 aromatic carbocycles. The second-order valence-electron chi connectivity index (χ2n) is 10.3. The van der Waals surface area contributed by atoms with Crippen molar-refractivity contribution in [2.24, 2.45) is 0 Å². The quantitative estimate of drug-likeness (QED) is 0.221. The van der Waals surface area contributed by atoms with Crippen LogP contribution in [-0.4, -0.2) is 44.8 Å². The number of pyridine rings is 1. The lowest BCUT2D eigenvalue weighted by atomic mass is 9.96. The van der Waals surface area contributed by atoms with Gasteiger partial charge < -0.3 is 14.2 Å². The molecule has 2 heterocycles. The fourth-order valence-electron chi connectivity index (χ4n) is 5.47. The third-order valence-corrected chi connectivity index (χ3v) is 9.41. The number of esters is 1. The van der Waals surface area contributed by atoms with Crippen LogP contribution in [0.3, 0.4) is 0 Å². The highest BCUT2D eigenvalue weighted by atomic mass is 32.3. The zero-order valence-corrected chi connectivity index (χ0v) is 24.0. The Labute approximate surface area is 241 Å². The van der Waals surface area contributed by atoms with E-state index in [1.54, 1.807) is 25.3 Å². The number of ether oxygens (including phenoxy) is 3. The van der Waals surface area contributed by atoms with Crippen LogP contribution < -0.4 is 9.47 Å². The smallest absolute Gasteiger partial charge is 0.307 e. The fraction of sp³-hybridized carbons (Fsp3) is 0.375. The zero-order chi connectivity index (χ0) is 29.0. The average Bonchev–Trinajstić information content (AvgIpc) is 3.39. The second kappa shape index (κ2) is 12.5. The first-order chi connectivity index (χ1) is 19.8. The number of benzene rings is 2. The number of hydrogen-bond acceptors (Lipinski definition) is 7. The van der Waals surface area contributed by atoms with Gasteiger partial charge in [0.15, 0.2) is 0 Å². The molecule has 9 heteroatoms. The van der Waals surface area contributed by atoms with E-state index in [0.717, 1.165) is 22.3 Å². The molecule has 1 aliphatic carbocycles. The van der Waals surface area contributed by atoms with Gasteiger partial charge in [0.1, 0.15) is 23.8 Å². The summed E-state index contributed by atoms with van der Waals surface area (Å²) in [5.74, 6) is 6.84. The molecule has 7 nitrogen and oxygen atoms in total. The van der Waals surface area contributed by atoms with Crippen molar-refractivity contribution in [2.75, 3.05) is 18.6 Å². The lowest BCUT2D eigenvalue weighted by Crippen LogP contribution is -2.28. The molecule has 1 unspecified atom stereocenters. The monoisotopic (exact) mass is 579 g/mol. The number of fused-ring (bicyclic) bond motifs is 1. The zero-order valence-electron chi connectivity index (χ0n) is 23.1. The maximum atomic E-state index is 15.1.